The summed E-state index contributed by atoms with van der Waals surface area (Å²) in [5, 5.41) is 3.73. The van der Waals surface area contributed by atoms with Gasteiger partial charge in [-0.25, -0.2) is 10.8 Å². The summed E-state index contributed by atoms with van der Waals surface area (Å²) < 4.78 is 0. The predicted molar refractivity (Wildman–Crippen MR) is 79.1 cm³/mol. The van der Waals surface area contributed by atoms with Crippen molar-refractivity contribution >= 4 is 23.5 Å². The third-order valence-corrected chi connectivity index (χ3v) is 4.48. The lowest BCUT2D eigenvalue weighted by Crippen LogP contribution is -2.33. The number of hydrazine groups is 1. The highest BCUT2D eigenvalue weighted by molar-refractivity contribution is 7.99. The molecular formula is C13H20N4OS. The first-order chi connectivity index (χ1) is 9.22. The summed E-state index contributed by atoms with van der Waals surface area (Å²) >= 11 is 1.98. The van der Waals surface area contributed by atoms with Crippen molar-refractivity contribution in [2.24, 2.45) is 5.84 Å². The van der Waals surface area contributed by atoms with E-state index in [2.05, 4.69) is 22.7 Å². The number of carbonyl (C=O) groups excluding carboxylic acids is 1. The molecule has 2 atom stereocenters. The quantitative estimate of drug-likeness (QED) is 0.566. The van der Waals surface area contributed by atoms with Crippen LogP contribution in [0.3, 0.4) is 0 Å². The molecule has 0 saturated heterocycles. The van der Waals surface area contributed by atoms with Crippen LogP contribution in [-0.2, 0) is 0 Å². The molecule has 0 aromatic carbocycles. The van der Waals surface area contributed by atoms with E-state index in [1.807, 2.05) is 11.8 Å². The molecule has 5 nitrogen and oxygen atoms in total. The molecule has 1 heterocycles. The third kappa shape index (κ3) is 3.84. The summed E-state index contributed by atoms with van der Waals surface area (Å²) in [6.07, 6.45) is 3.29. The van der Waals surface area contributed by atoms with Gasteiger partial charge in [0.1, 0.15) is 11.5 Å². The van der Waals surface area contributed by atoms with Crippen LogP contribution in [0.25, 0.3) is 0 Å². The van der Waals surface area contributed by atoms with E-state index in [0.29, 0.717) is 16.8 Å². The number of aromatic nitrogens is 1. The van der Waals surface area contributed by atoms with Crippen LogP contribution in [0.5, 0.6) is 0 Å². The summed E-state index contributed by atoms with van der Waals surface area (Å²) in [5.41, 5.74) is 2.85. The number of rotatable bonds is 5. The van der Waals surface area contributed by atoms with Crippen molar-refractivity contribution in [1.29, 1.82) is 0 Å². The molecule has 1 aromatic rings. The zero-order valence-corrected chi connectivity index (χ0v) is 11.9. The van der Waals surface area contributed by atoms with Gasteiger partial charge in [0, 0.05) is 11.3 Å². The van der Waals surface area contributed by atoms with E-state index in [0.717, 1.165) is 18.6 Å². The topological polar surface area (TPSA) is 80.0 Å². The van der Waals surface area contributed by atoms with E-state index >= 15 is 0 Å². The first-order valence-electron chi connectivity index (χ1n) is 6.59. The summed E-state index contributed by atoms with van der Waals surface area (Å²) in [4.78, 5) is 16.2. The molecule has 6 heteroatoms. The van der Waals surface area contributed by atoms with E-state index in [1.165, 1.54) is 6.42 Å². The Balaban J connectivity index is 1.90. The van der Waals surface area contributed by atoms with Gasteiger partial charge in [-0.05, 0) is 37.1 Å². The van der Waals surface area contributed by atoms with Crippen molar-refractivity contribution in [3.8, 4) is 0 Å². The highest BCUT2D eigenvalue weighted by Crippen LogP contribution is 2.29. The number of hydrogen-bond acceptors (Lipinski definition) is 5. The second-order valence-electron chi connectivity index (χ2n) is 4.61. The van der Waals surface area contributed by atoms with E-state index in [-0.39, 0.29) is 11.9 Å². The van der Waals surface area contributed by atoms with Gasteiger partial charge in [-0.3, -0.25) is 4.79 Å². The number of pyridine rings is 1. The highest BCUT2D eigenvalue weighted by atomic mass is 32.2. The molecule has 1 saturated carbocycles. The Labute approximate surface area is 117 Å². The average molecular weight is 280 g/mol. The van der Waals surface area contributed by atoms with Crippen LogP contribution in [0.4, 0.5) is 5.82 Å². The van der Waals surface area contributed by atoms with E-state index in [1.54, 1.807) is 18.2 Å². The molecule has 1 fully saturated rings. The van der Waals surface area contributed by atoms with Crippen LogP contribution in [-0.4, -0.2) is 27.9 Å². The van der Waals surface area contributed by atoms with Crippen LogP contribution in [0, 0.1) is 0 Å². The molecule has 2 unspecified atom stereocenters. The zero-order chi connectivity index (χ0) is 13.7. The standard InChI is InChI=1S/C13H20N4OS/c1-2-19-10-7-6-9(8-10)15-13(18)11-4-3-5-12(16-11)17-14/h3-5,9-10H,2,6-8,14H2,1H3,(H,15,18)(H,16,17). The predicted octanol–water partition coefficient (Wildman–Crippen LogP) is 1.77. The largest absolute Gasteiger partial charge is 0.348 e. The fraction of sp³-hybridized carbons (Fsp3) is 0.538. The van der Waals surface area contributed by atoms with Crippen molar-refractivity contribution in [2.45, 2.75) is 37.5 Å². The van der Waals surface area contributed by atoms with Crippen molar-refractivity contribution in [3.05, 3.63) is 23.9 Å². The number of thioether (sulfide) groups is 1. The molecule has 4 N–H and O–H groups in total. The SMILES string of the molecule is CCSC1CCC(NC(=O)c2cccc(NN)n2)C1. The second-order valence-corrected chi connectivity index (χ2v) is 6.19. The minimum absolute atomic E-state index is 0.121. The summed E-state index contributed by atoms with van der Waals surface area (Å²) in [5.74, 6) is 6.80. The molecule has 0 radical (unpaired) electrons. The normalized spacial score (nSPS) is 22.2. The number of amides is 1. The van der Waals surface area contributed by atoms with Crippen molar-refractivity contribution in [2.75, 3.05) is 11.2 Å². The number of nitrogens with two attached hydrogens (primary N) is 1. The van der Waals surface area contributed by atoms with Gasteiger partial charge < -0.3 is 10.7 Å². The number of anilines is 1. The molecule has 104 valence electrons. The summed E-state index contributed by atoms with van der Waals surface area (Å²) in [6.45, 7) is 2.17. The average Bonchev–Trinajstić information content (AvgIpc) is 2.86. The van der Waals surface area contributed by atoms with Crippen LogP contribution in [0.1, 0.15) is 36.7 Å². The molecule has 0 spiro atoms. The van der Waals surface area contributed by atoms with Crippen molar-refractivity contribution in [3.63, 3.8) is 0 Å². The number of nitrogens with one attached hydrogen (secondary N) is 2. The maximum absolute atomic E-state index is 12.1. The van der Waals surface area contributed by atoms with Gasteiger partial charge in [-0.15, -0.1) is 0 Å². The Morgan fingerprint density at radius 1 is 1.53 bits per heavy atom. The van der Waals surface area contributed by atoms with Crippen LogP contribution >= 0.6 is 11.8 Å². The van der Waals surface area contributed by atoms with Crippen LogP contribution in [0.15, 0.2) is 18.2 Å². The first-order valence-corrected chi connectivity index (χ1v) is 7.64. The molecular weight excluding hydrogens is 260 g/mol. The Kier molecular flexibility index (Phi) is 5.04. The minimum atomic E-state index is -0.121. The Morgan fingerprint density at radius 2 is 2.37 bits per heavy atom. The zero-order valence-electron chi connectivity index (χ0n) is 11.1. The lowest BCUT2D eigenvalue weighted by Gasteiger charge is -2.13. The molecule has 2 rings (SSSR count). The highest BCUT2D eigenvalue weighted by Gasteiger charge is 2.26. The van der Waals surface area contributed by atoms with Gasteiger partial charge in [-0.2, -0.15) is 11.8 Å². The molecule has 0 bridgehead atoms. The van der Waals surface area contributed by atoms with Crippen molar-refractivity contribution < 1.29 is 4.79 Å². The number of hydrogen-bond donors (Lipinski definition) is 3. The smallest absolute Gasteiger partial charge is 0.270 e. The Morgan fingerprint density at radius 3 is 3.11 bits per heavy atom. The van der Waals surface area contributed by atoms with Crippen LogP contribution in [0.2, 0.25) is 0 Å². The Bertz CT molecular complexity index is 440. The molecule has 0 aliphatic heterocycles. The monoisotopic (exact) mass is 280 g/mol. The van der Waals surface area contributed by atoms with Gasteiger partial charge in [-0.1, -0.05) is 13.0 Å². The van der Waals surface area contributed by atoms with E-state index in [9.17, 15) is 4.79 Å². The molecule has 1 aliphatic carbocycles. The number of nitrogens with zero attached hydrogens (tertiary/aromatic N) is 1. The Hall–Kier alpha value is -1.27. The fourth-order valence-electron chi connectivity index (χ4n) is 2.36. The van der Waals surface area contributed by atoms with Gasteiger partial charge in [0.05, 0.1) is 0 Å². The molecule has 1 aliphatic rings. The van der Waals surface area contributed by atoms with E-state index in [4.69, 9.17) is 5.84 Å². The lowest BCUT2D eigenvalue weighted by atomic mass is 10.2. The molecule has 19 heavy (non-hydrogen) atoms. The van der Waals surface area contributed by atoms with Gasteiger partial charge in [0.15, 0.2) is 0 Å². The molecule has 1 amide bonds. The fourth-order valence-corrected chi connectivity index (χ4v) is 3.50. The maximum atomic E-state index is 12.1. The summed E-state index contributed by atoms with van der Waals surface area (Å²) in [7, 11) is 0. The van der Waals surface area contributed by atoms with Gasteiger partial charge >= 0.3 is 0 Å². The third-order valence-electron chi connectivity index (χ3n) is 3.25. The van der Waals surface area contributed by atoms with E-state index < -0.39 is 0 Å². The lowest BCUT2D eigenvalue weighted by molar-refractivity contribution is 0.0933. The maximum Gasteiger partial charge on any atom is 0.270 e. The number of carbonyl (C=O) groups is 1. The summed E-state index contributed by atoms with van der Waals surface area (Å²) in [6, 6.07) is 5.46. The number of nitrogen functional groups attached to an aromatic ring is 1. The molecule has 1 aromatic heterocycles. The van der Waals surface area contributed by atoms with Crippen molar-refractivity contribution in [1.82, 2.24) is 10.3 Å². The second kappa shape index (κ2) is 6.77. The minimum Gasteiger partial charge on any atom is -0.348 e. The van der Waals surface area contributed by atoms with Gasteiger partial charge in [0.25, 0.3) is 5.91 Å². The van der Waals surface area contributed by atoms with Gasteiger partial charge in [0.2, 0.25) is 0 Å². The first kappa shape index (κ1) is 14.1. The van der Waals surface area contributed by atoms with Crippen LogP contribution < -0.4 is 16.6 Å².